The van der Waals surface area contributed by atoms with Crippen molar-refractivity contribution in [2.75, 3.05) is 0 Å². The van der Waals surface area contributed by atoms with Crippen LogP contribution < -0.4 is 5.32 Å². The van der Waals surface area contributed by atoms with Crippen LogP contribution in [0.25, 0.3) is 21.8 Å². The van der Waals surface area contributed by atoms with Gasteiger partial charge < -0.3 is 5.32 Å². The van der Waals surface area contributed by atoms with Crippen LogP contribution >= 0.6 is 12.4 Å². The summed E-state index contributed by atoms with van der Waals surface area (Å²) in [6, 6.07) is 19.8. The maximum absolute atomic E-state index is 12.6. The molecule has 0 bridgehead atoms. The number of hydrogen-bond donors (Lipinski definition) is 1. The lowest BCUT2D eigenvalue weighted by molar-refractivity contribution is 0.0946. The monoisotopic (exact) mass is 405 g/mol. The van der Waals surface area contributed by atoms with Crippen LogP contribution in [0.3, 0.4) is 0 Å². The number of carbonyl (C=O) groups is 1. The number of benzene rings is 2. The smallest absolute Gasteiger partial charge is 0.270 e. The molecule has 0 aliphatic rings. The van der Waals surface area contributed by atoms with Crippen molar-refractivity contribution in [3.05, 3.63) is 83.7 Å². The third-order valence-corrected chi connectivity index (χ3v) is 4.97. The third-order valence-electron chi connectivity index (χ3n) is 4.97. The summed E-state index contributed by atoms with van der Waals surface area (Å²) in [5, 5.41) is 5.07. The Morgan fingerprint density at radius 2 is 1.76 bits per heavy atom. The molecule has 2 heterocycles. The van der Waals surface area contributed by atoms with Gasteiger partial charge in [-0.3, -0.25) is 9.78 Å². The highest BCUT2D eigenvalue weighted by Crippen LogP contribution is 2.25. The minimum absolute atomic E-state index is 0. The van der Waals surface area contributed by atoms with Gasteiger partial charge in [0.1, 0.15) is 5.69 Å². The van der Waals surface area contributed by atoms with Gasteiger partial charge in [-0.15, -0.1) is 12.4 Å². The first kappa shape index (κ1) is 20.7. The molecule has 2 aromatic heterocycles. The summed E-state index contributed by atoms with van der Waals surface area (Å²) >= 11 is 0. The van der Waals surface area contributed by atoms with Gasteiger partial charge in [-0.1, -0.05) is 51.1 Å². The van der Waals surface area contributed by atoms with E-state index in [2.05, 4.69) is 48.2 Å². The molecule has 2 aromatic carbocycles. The Labute approximate surface area is 176 Å². The third kappa shape index (κ3) is 4.38. The van der Waals surface area contributed by atoms with Crippen LogP contribution in [0.15, 0.2) is 66.9 Å². The standard InChI is InChI=1S/C24H23N3O.ClH/c1-24(2,3)18-9-11-20-16(14-18)8-10-22(27-20)23(28)26-15-17-12-13-25-21-7-5-4-6-19(17)21;/h4-14H,15H2,1-3H3,(H,26,28);1H. The van der Waals surface area contributed by atoms with Crippen LogP contribution in [0.5, 0.6) is 0 Å². The Kier molecular flexibility index (Phi) is 5.85. The van der Waals surface area contributed by atoms with Crippen molar-refractivity contribution in [3.63, 3.8) is 0 Å². The molecule has 1 amide bonds. The molecule has 0 fully saturated rings. The molecule has 5 heteroatoms. The Hall–Kier alpha value is -2.98. The average Bonchev–Trinajstić information content (AvgIpc) is 2.70. The lowest BCUT2D eigenvalue weighted by atomic mass is 9.86. The predicted octanol–water partition coefficient (Wildman–Crippen LogP) is 5.43. The average molecular weight is 406 g/mol. The van der Waals surface area contributed by atoms with Crippen LogP contribution in [0.1, 0.15) is 42.4 Å². The summed E-state index contributed by atoms with van der Waals surface area (Å²) in [7, 11) is 0. The number of halogens is 1. The second-order valence-corrected chi connectivity index (χ2v) is 8.02. The number of hydrogen-bond acceptors (Lipinski definition) is 3. The van der Waals surface area contributed by atoms with Gasteiger partial charge in [0, 0.05) is 23.5 Å². The van der Waals surface area contributed by atoms with E-state index in [1.165, 1.54) is 5.56 Å². The van der Waals surface area contributed by atoms with E-state index >= 15 is 0 Å². The topological polar surface area (TPSA) is 54.9 Å². The fraction of sp³-hybridized carbons (Fsp3) is 0.208. The number of pyridine rings is 2. The lowest BCUT2D eigenvalue weighted by Gasteiger charge is -2.19. The van der Waals surface area contributed by atoms with Crippen LogP contribution in [0.2, 0.25) is 0 Å². The Bertz CT molecular complexity index is 1180. The highest BCUT2D eigenvalue weighted by molar-refractivity contribution is 5.95. The SMILES string of the molecule is CC(C)(C)c1ccc2nc(C(=O)NCc3ccnc4ccccc34)ccc2c1.Cl. The fourth-order valence-electron chi connectivity index (χ4n) is 3.29. The Morgan fingerprint density at radius 1 is 0.966 bits per heavy atom. The summed E-state index contributed by atoms with van der Waals surface area (Å²) in [5.41, 5.74) is 4.55. The van der Waals surface area contributed by atoms with Crippen molar-refractivity contribution in [2.45, 2.75) is 32.7 Å². The van der Waals surface area contributed by atoms with E-state index in [-0.39, 0.29) is 23.7 Å². The van der Waals surface area contributed by atoms with Crippen molar-refractivity contribution in [3.8, 4) is 0 Å². The van der Waals surface area contributed by atoms with E-state index in [9.17, 15) is 4.79 Å². The van der Waals surface area contributed by atoms with Crippen LogP contribution in [-0.4, -0.2) is 15.9 Å². The van der Waals surface area contributed by atoms with Crippen molar-refractivity contribution >= 4 is 40.1 Å². The van der Waals surface area contributed by atoms with Gasteiger partial charge in [-0.2, -0.15) is 0 Å². The van der Waals surface area contributed by atoms with E-state index in [1.54, 1.807) is 12.3 Å². The van der Waals surface area contributed by atoms with E-state index in [0.29, 0.717) is 12.2 Å². The summed E-state index contributed by atoms with van der Waals surface area (Å²) < 4.78 is 0. The summed E-state index contributed by atoms with van der Waals surface area (Å²) in [5.74, 6) is -0.178. The van der Waals surface area contributed by atoms with Crippen LogP contribution in [0, 0.1) is 0 Å². The highest BCUT2D eigenvalue weighted by atomic mass is 35.5. The zero-order valence-corrected chi connectivity index (χ0v) is 17.6. The molecule has 1 N–H and O–H groups in total. The first-order chi connectivity index (χ1) is 13.4. The van der Waals surface area contributed by atoms with Gasteiger partial charge >= 0.3 is 0 Å². The molecule has 0 unspecified atom stereocenters. The largest absolute Gasteiger partial charge is 0.347 e. The van der Waals surface area contributed by atoms with Gasteiger partial charge in [0.15, 0.2) is 0 Å². The van der Waals surface area contributed by atoms with Crippen LogP contribution in [0.4, 0.5) is 0 Å². The highest BCUT2D eigenvalue weighted by Gasteiger charge is 2.15. The Balaban J connectivity index is 0.00000240. The van der Waals surface area contributed by atoms with E-state index in [0.717, 1.165) is 27.4 Å². The molecule has 29 heavy (non-hydrogen) atoms. The first-order valence-corrected chi connectivity index (χ1v) is 9.44. The molecule has 0 atom stereocenters. The number of amides is 1. The van der Waals surface area contributed by atoms with E-state index < -0.39 is 0 Å². The molecule has 4 aromatic rings. The lowest BCUT2D eigenvalue weighted by Crippen LogP contribution is -2.24. The molecular weight excluding hydrogens is 382 g/mol. The van der Waals surface area contributed by atoms with E-state index in [4.69, 9.17) is 0 Å². The number of nitrogens with zero attached hydrogens (tertiary/aromatic N) is 2. The molecule has 0 spiro atoms. The molecule has 4 rings (SSSR count). The summed E-state index contributed by atoms with van der Waals surface area (Å²) in [6.45, 7) is 7.00. The molecule has 148 valence electrons. The number of rotatable bonds is 3. The van der Waals surface area contributed by atoms with Gasteiger partial charge in [0.25, 0.3) is 5.91 Å². The minimum Gasteiger partial charge on any atom is -0.347 e. The molecule has 0 radical (unpaired) electrons. The van der Waals surface area contributed by atoms with Crippen molar-refractivity contribution in [2.24, 2.45) is 0 Å². The van der Waals surface area contributed by atoms with Crippen molar-refractivity contribution < 1.29 is 4.79 Å². The van der Waals surface area contributed by atoms with Crippen molar-refractivity contribution in [1.29, 1.82) is 0 Å². The first-order valence-electron chi connectivity index (χ1n) is 9.44. The molecule has 0 aliphatic carbocycles. The second-order valence-electron chi connectivity index (χ2n) is 8.02. The number of fused-ring (bicyclic) bond motifs is 2. The summed E-state index contributed by atoms with van der Waals surface area (Å²) in [6.07, 6.45) is 1.77. The maximum atomic E-state index is 12.6. The molecule has 0 saturated carbocycles. The second kappa shape index (κ2) is 8.18. The van der Waals surface area contributed by atoms with Gasteiger partial charge in [-0.05, 0) is 46.9 Å². The number of carbonyl (C=O) groups excluding carboxylic acids is 1. The predicted molar refractivity (Wildman–Crippen MR) is 121 cm³/mol. The van der Waals surface area contributed by atoms with Gasteiger partial charge in [0.2, 0.25) is 0 Å². The number of para-hydroxylation sites is 1. The molecule has 0 saturated heterocycles. The van der Waals surface area contributed by atoms with E-state index in [1.807, 2.05) is 42.5 Å². The Morgan fingerprint density at radius 3 is 2.55 bits per heavy atom. The normalized spacial score (nSPS) is 11.3. The fourth-order valence-corrected chi connectivity index (χ4v) is 3.29. The molecular formula is C24H24ClN3O. The quantitative estimate of drug-likeness (QED) is 0.494. The van der Waals surface area contributed by atoms with Crippen molar-refractivity contribution in [1.82, 2.24) is 15.3 Å². The maximum Gasteiger partial charge on any atom is 0.270 e. The number of aromatic nitrogens is 2. The number of nitrogens with one attached hydrogen (secondary N) is 1. The van der Waals surface area contributed by atoms with Gasteiger partial charge in [-0.25, -0.2) is 4.98 Å². The molecule has 0 aliphatic heterocycles. The zero-order chi connectivity index (χ0) is 19.7. The minimum atomic E-state index is -0.178. The molecule has 4 nitrogen and oxygen atoms in total. The van der Waals surface area contributed by atoms with Crippen LogP contribution in [-0.2, 0) is 12.0 Å². The zero-order valence-electron chi connectivity index (χ0n) is 16.8. The van der Waals surface area contributed by atoms with Gasteiger partial charge in [0.05, 0.1) is 11.0 Å². The summed E-state index contributed by atoms with van der Waals surface area (Å²) in [4.78, 5) is 21.5.